The fourth-order valence-corrected chi connectivity index (χ4v) is 7.94. The van der Waals surface area contributed by atoms with Gasteiger partial charge in [0.25, 0.3) is 11.1 Å². The Morgan fingerprint density at radius 3 is 1.65 bits per heavy atom. The zero-order valence-electron chi connectivity index (χ0n) is 29.3. The maximum atomic E-state index is 13.4. The van der Waals surface area contributed by atoms with Crippen molar-refractivity contribution < 1.29 is 13.5 Å². The van der Waals surface area contributed by atoms with Crippen molar-refractivity contribution in [3.8, 4) is 22.3 Å². The molecule has 0 unspecified atom stereocenters. The van der Waals surface area contributed by atoms with E-state index in [1.165, 1.54) is 6.20 Å². The summed E-state index contributed by atoms with van der Waals surface area (Å²) < 4.78 is 26.9. The highest BCUT2D eigenvalue weighted by Gasteiger charge is 2.30. The predicted octanol–water partition coefficient (Wildman–Crippen LogP) is 7.01. The number of fused-ring (bicyclic) bond motifs is 2. The number of nitrogens with zero attached hydrogens (tertiary/aromatic N) is 6. The summed E-state index contributed by atoms with van der Waals surface area (Å²) >= 11 is 12.6. The number of benzene rings is 2. The summed E-state index contributed by atoms with van der Waals surface area (Å²) in [6.07, 6.45) is 11.1. The van der Waals surface area contributed by atoms with E-state index >= 15 is 0 Å². The zero-order valence-corrected chi connectivity index (χ0v) is 31.7. The van der Waals surface area contributed by atoms with Crippen molar-refractivity contribution in [3.63, 3.8) is 0 Å². The van der Waals surface area contributed by atoms with Crippen LogP contribution in [0.25, 0.3) is 44.3 Å². The van der Waals surface area contributed by atoms with Crippen LogP contribution in [0.2, 0.25) is 10.0 Å². The Labute approximate surface area is 320 Å². The van der Waals surface area contributed by atoms with E-state index in [1.807, 2.05) is 34.9 Å². The molecule has 15 heteroatoms. The Morgan fingerprint density at radius 1 is 0.685 bits per heavy atom. The lowest BCUT2D eigenvalue weighted by molar-refractivity contribution is 0.126. The van der Waals surface area contributed by atoms with Gasteiger partial charge in [-0.15, -0.1) is 0 Å². The van der Waals surface area contributed by atoms with Gasteiger partial charge in [0.05, 0.1) is 6.10 Å². The third kappa shape index (κ3) is 7.37. The maximum Gasteiger partial charge on any atom is 0.260 e. The van der Waals surface area contributed by atoms with Crippen molar-refractivity contribution in [3.05, 3.63) is 104 Å². The Kier molecular flexibility index (Phi) is 9.76. The molecule has 12 nitrogen and oxygen atoms in total. The highest BCUT2D eigenvalue weighted by Crippen LogP contribution is 2.38. The fourth-order valence-electron chi connectivity index (χ4n) is 6.96. The van der Waals surface area contributed by atoms with Gasteiger partial charge in [0.15, 0.2) is 0 Å². The van der Waals surface area contributed by atoms with Crippen molar-refractivity contribution in [1.29, 1.82) is 0 Å². The molecule has 278 valence electrons. The van der Waals surface area contributed by atoms with E-state index in [0.717, 1.165) is 68.6 Å². The van der Waals surface area contributed by atoms with Gasteiger partial charge in [-0.1, -0.05) is 59.6 Å². The molecule has 0 atom stereocenters. The summed E-state index contributed by atoms with van der Waals surface area (Å²) in [5.41, 5.74) is 3.15. The lowest BCUT2D eigenvalue weighted by atomic mass is 9.93. The molecular weight excluding hydrogens is 749 g/mol. The molecule has 0 bridgehead atoms. The summed E-state index contributed by atoms with van der Waals surface area (Å²) in [5.74, 6) is 0.540. The van der Waals surface area contributed by atoms with E-state index in [2.05, 4.69) is 20.3 Å². The molecule has 0 saturated heterocycles. The molecule has 4 aromatic heterocycles. The van der Waals surface area contributed by atoms with Gasteiger partial charge in [-0.05, 0) is 75.6 Å². The average molecular weight is 787 g/mol. The minimum atomic E-state index is -3.56. The minimum Gasteiger partial charge on any atom is -0.393 e. The maximum absolute atomic E-state index is 13.4. The van der Waals surface area contributed by atoms with Crippen molar-refractivity contribution in [1.82, 2.24) is 29.1 Å². The molecule has 6 aromatic rings. The molecule has 4 heterocycles. The number of aliphatic hydroxyl groups excluding tert-OH is 1. The van der Waals surface area contributed by atoms with Crippen molar-refractivity contribution in [2.45, 2.75) is 80.8 Å². The number of pyridine rings is 2. The Balaban J connectivity index is 0.000000155. The number of aromatic nitrogens is 6. The number of hydrogen-bond acceptors (Lipinski definition) is 10. The Morgan fingerprint density at radius 2 is 1.17 bits per heavy atom. The van der Waals surface area contributed by atoms with Gasteiger partial charge in [-0.25, -0.2) is 18.4 Å². The normalized spacial score (nSPS) is 18.7. The standard InChI is InChI=1S/C22H23ClN4O2.C17H14ClN3O3S/c23-19-4-2-1-3-17(19)18-11-13-12-24-22(25-14-5-9-16(28)10-6-14)26-20(13)27(21(18)29)15-7-8-15;1-25(23,24)17-19-9-10-8-13(12-4-2-3-5-14(12)18)16(22)21(11-6-7-11)15(10)20-17/h1-4,11-12,14-16,28H,5-10H2,(H,24,25,26);2-5,8-9,11H,6-7H2,1H3. The second-order valence-electron chi connectivity index (χ2n) is 14.2. The highest BCUT2D eigenvalue weighted by molar-refractivity contribution is 7.90. The first kappa shape index (κ1) is 36.3. The lowest BCUT2D eigenvalue weighted by Crippen LogP contribution is -2.29. The van der Waals surface area contributed by atoms with Gasteiger partial charge in [0, 0.05) is 79.8 Å². The van der Waals surface area contributed by atoms with Crippen LogP contribution < -0.4 is 16.4 Å². The molecular formula is C39H37Cl2N7O5S. The van der Waals surface area contributed by atoms with E-state index < -0.39 is 9.84 Å². The van der Waals surface area contributed by atoms with Crippen molar-refractivity contribution in [2.75, 3.05) is 11.6 Å². The first-order valence-electron chi connectivity index (χ1n) is 18.0. The van der Waals surface area contributed by atoms with Crippen molar-refractivity contribution in [2.24, 2.45) is 0 Å². The first-order chi connectivity index (χ1) is 26.0. The molecule has 3 aliphatic rings. The monoisotopic (exact) mass is 785 g/mol. The molecule has 2 aromatic carbocycles. The molecule has 0 spiro atoms. The molecule has 3 fully saturated rings. The van der Waals surface area contributed by atoms with E-state index in [1.54, 1.807) is 41.1 Å². The number of sulfone groups is 1. The zero-order chi connectivity index (χ0) is 37.7. The number of hydrogen-bond donors (Lipinski definition) is 2. The van der Waals surface area contributed by atoms with E-state index in [0.29, 0.717) is 49.4 Å². The number of anilines is 1. The van der Waals surface area contributed by atoms with Gasteiger partial charge in [0.1, 0.15) is 11.3 Å². The summed E-state index contributed by atoms with van der Waals surface area (Å²) in [4.78, 5) is 43.7. The van der Waals surface area contributed by atoms with Crippen LogP contribution in [0.15, 0.2) is 87.8 Å². The molecule has 3 saturated carbocycles. The van der Waals surface area contributed by atoms with Crippen LogP contribution in [0.3, 0.4) is 0 Å². The van der Waals surface area contributed by atoms with Gasteiger partial charge >= 0.3 is 0 Å². The minimum absolute atomic E-state index is 0.0275. The summed E-state index contributed by atoms with van der Waals surface area (Å²) in [5, 5.41) is 15.3. The van der Waals surface area contributed by atoms with Gasteiger partial charge in [-0.3, -0.25) is 18.7 Å². The molecule has 3 aliphatic carbocycles. The number of rotatable bonds is 7. The molecule has 54 heavy (non-hydrogen) atoms. The van der Waals surface area contributed by atoms with Crippen LogP contribution >= 0.6 is 23.2 Å². The van der Waals surface area contributed by atoms with Crippen LogP contribution in [0.4, 0.5) is 5.95 Å². The Hall–Kier alpha value is -4.69. The number of aliphatic hydroxyl groups is 1. The third-order valence-electron chi connectivity index (χ3n) is 10.0. The van der Waals surface area contributed by atoms with Gasteiger partial charge < -0.3 is 10.4 Å². The third-order valence-corrected chi connectivity index (χ3v) is 11.6. The molecule has 0 radical (unpaired) electrons. The van der Waals surface area contributed by atoms with Crippen LogP contribution in [0.5, 0.6) is 0 Å². The quantitative estimate of drug-likeness (QED) is 0.161. The second-order valence-corrected chi connectivity index (χ2v) is 16.9. The number of nitrogens with one attached hydrogen (secondary N) is 1. The molecule has 9 rings (SSSR count). The van der Waals surface area contributed by atoms with Crippen LogP contribution in [0, 0.1) is 0 Å². The van der Waals surface area contributed by atoms with Crippen LogP contribution in [-0.4, -0.2) is 61.0 Å². The molecule has 0 amide bonds. The summed E-state index contributed by atoms with van der Waals surface area (Å²) in [6.45, 7) is 0. The summed E-state index contributed by atoms with van der Waals surface area (Å²) in [7, 11) is -3.56. The second kappa shape index (κ2) is 14.5. The van der Waals surface area contributed by atoms with Crippen LogP contribution in [0.1, 0.15) is 63.5 Å². The SMILES string of the molecule is CS(=O)(=O)c1ncc2cc(-c3ccccc3Cl)c(=O)n(C3CC3)c2n1.O=c1c(-c2ccccc2Cl)cc2cnc(NC3CCC(O)CC3)nc2n1C1CC1. The predicted molar refractivity (Wildman–Crippen MR) is 210 cm³/mol. The largest absolute Gasteiger partial charge is 0.393 e. The summed E-state index contributed by atoms with van der Waals surface area (Å²) in [6, 6.07) is 18.5. The van der Waals surface area contributed by atoms with Gasteiger partial charge in [0.2, 0.25) is 20.9 Å². The smallest absolute Gasteiger partial charge is 0.260 e. The topological polar surface area (TPSA) is 162 Å². The average Bonchev–Trinajstić information content (AvgIpc) is 4.09. The van der Waals surface area contributed by atoms with E-state index in [4.69, 9.17) is 28.2 Å². The van der Waals surface area contributed by atoms with Crippen molar-refractivity contribution >= 4 is 61.1 Å². The first-order valence-corrected chi connectivity index (χ1v) is 20.6. The Bertz CT molecular complexity index is 2650. The lowest BCUT2D eigenvalue weighted by Gasteiger charge is -2.26. The van der Waals surface area contributed by atoms with Crippen LogP contribution in [-0.2, 0) is 9.84 Å². The van der Waals surface area contributed by atoms with E-state index in [-0.39, 0.29) is 40.5 Å². The number of halogens is 2. The van der Waals surface area contributed by atoms with E-state index in [9.17, 15) is 23.1 Å². The van der Waals surface area contributed by atoms with Gasteiger partial charge in [-0.2, -0.15) is 9.97 Å². The molecule has 0 aliphatic heterocycles. The highest BCUT2D eigenvalue weighted by atomic mass is 35.5. The molecule has 2 N–H and O–H groups in total. The fraction of sp³-hybridized carbons (Fsp3) is 0.333.